The van der Waals surface area contributed by atoms with Crippen LogP contribution in [0.15, 0.2) is 91.1 Å². The summed E-state index contributed by atoms with van der Waals surface area (Å²) in [5.74, 6) is -1.37. The number of rotatable bonds is 7. The van der Waals surface area contributed by atoms with Gasteiger partial charge in [0.2, 0.25) is 0 Å². The van der Waals surface area contributed by atoms with Gasteiger partial charge in [0, 0.05) is 18.0 Å². The topological polar surface area (TPSA) is 59.1 Å². The van der Waals surface area contributed by atoms with Crippen molar-refractivity contribution in [1.29, 1.82) is 0 Å². The van der Waals surface area contributed by atoms with Gasteiger partial charge in [0.05, 0.1) is 17.1 Å². The summed E-state index contributed by atoms with van der Waals surface area (Å²) in [6.45, 7) is 0. The van der Waals surface area contributed by atoms with E-state index in [1.807, 2.05) is 60.7 Å². The van der Waals surface area contributed by atoms with Crippen LogP contribution in [-0.4, -0.2) is 22.7 Å². The Hall–Kier alpha value is -3.86. The molecule has 0 bridgehead atoms. The van der Waals surface area contributed by atoms with Crippen molar-refractivity contribution < 1.29 is 14.0 Å². The predicted octanol–water partition coefficient (Wildman–Crippen LogP) is 4.53. The zero-order valence-corrected chi connectivity index (χ0v) is 16.8. The molecular formula is C26H21FN2O2. The van der Waals surface area contributed by atoms with Crippen LogP contribution in [0, 0.1) is 5.82 Å². The number of ketones is 1. The average molecular weight is 412 g/mol. The molecule has 154 valence electrons. The minimum absolute atomic E-state index is 0.0808. The first kappa shape index (κ1) is 20.4. The number of aromatic nitrogens is 1. The summed E-state index contributed by atoms with van der Waals surface area (Å²) in [6.07, 6.45) is 2.17. The fourth-order valence-corrected chi connectivity index (χ4v) is 3.61. The number of carbonyl (C=O) groups excluding carboxylic acids is 2. The summed E-state index contributed by atoms with van der Waals surface area (Å²) < 4.78 is 14.1. The van der Waals surface area contributed by atoms with Crippen LogP contribution in [0.25, 0.3) is 10.9 Å². The Bertz CT molecular complexity index is 1220. The Balaban J connectivity index is 1.60. The van der Waals surface area contributed by atoms with E-state index in [0.29, 0.717) is 6.42 Å². The highest BCUT2D eigenvalue weighted by molar-refractivity contribution is 5.99. The van der Waals surface area contributed by atoms with Crippen molar-refractivity contribution in [2.45, 2.75) is 18.9 Å². The van der Waals surface area contributed by atoms with Crippen LogP contribution < -0.4 is 5.32 Å². The molecular weight excluding hydrogens is 391 g/mol. The van der Waals surface area contributed by atoms with E-state index >= 15 is 0 Å². The third-order valence-electron chi connectivity index (χ3n) is 5.20. The Morgan fingerprint density at radius 2 is 1.65 bits per heavy atom. The normalized spacial score (nSPS) is 11.8. The molecule has 0 aliphatic rings. The predicted molar refractivity (Wildman–Crippen MR) is 118 cm³/mol. The summed E-state index contributed by atoms with van der Waals surface area (Å²) in [4.78, 5) is 30.3. The number of amides is 1. The van der Waals surface area contributed by atoms with Crippen molar-refractivity contribution in [1.82, 2.24) is 10.3 Å². The van der Waals surface area contributed by atoms with Crippen molar-refractivity contribution in [3.8, 4) is 0 Å². The molecule has 4 aromatic rings. The highest BCUT2D eigenvalue weighted by Crippen LogP contribution is 2.18. The third kappa shape index (κ3) is 4.83. The summed E-state index contributed by atoms with van der Waals surface area (Å²) in [7, 11) is 0. The van der Waals surface area contributed by atoms with Crippen LogP contribution in [-0.2, 0) is 17.6 Å². The maximum atomic E-state index is 14.1. The van der Waals surface area contributed by atoms with E-state index in [9.17, 15) is 14.0 Å². The maximum absolute atomic E-state index is 14.1. The second-order valence-corrected chi connectivity index (χ2v) is 7.33. The lowest BCUT2D eigenvalue weighted by molar-refractivity contribution is -0.120. The van der Waals surface area contributed by atoms with Gasteiger partial charge in [0.15, 0.2) is 5.78 Å². The molecule has 0 radical (unpaired) electrons. The molecule has 1 atom stereocenters. The summed E-state index contributed by atoms with van der Waals surface area (Å²) in [5.41, 5.74) is 2.48. The lowest BCUT2D eigenvalue weighted by Crippen LogP contribution is -2.43. The molecule has 1 heterocycles. The number of Topliss-reactive ketones (excluding diaryl/α,β-unsaturated/α-hetero) is 1. The van der Waals surface area contributed by atoms with Crippen molar-refractivity contribution >= 4 is 22.6 Å². The summed E-state index contributed by atoms with van der Waals surface area (Å²) >= 11 is 0. The molecule has 0 fully saturated rings. The molecule has 0 aliphatic heterocycles. The molecule has 1 unspecified atom stereocenters. The quantitative estimate of drug-likeness (QED) is 0.485. The van der Waals surface area contributed by atoms with E-state index in [0.717, 1.165) is 22.0 Å². The lowest BCUT2D eigenvalue weighted by Gasteiger charge is -2.19. The number of nitrogens with zero attached hydrogens (tertiary/aromatic N) is 1. The molecule has 4 nitrogen and oxygen atoms in total. The smallest absolute Gasteiger partial charge is 0.254 e. The highest BCUT2D eigenvalue weighted by atomic mass is 19.1. The van der Waals surface area contributed by atoms with Crippen LogP contribution in [0.3, 0.4) is 0 Å². The fourth-order valence-electron chi connectivity index (χ4n) is 3.61. The summed E-state index contributed by atoms with van der Waals surface area (Å²) in [5, 5.41) is 3.65. The number of fused-ring (bicyclic) bond motifs is 1. The van der Waals surface area contributed by atoms with Crippen LogP contribution >= 0.6 is 0 Å². The van der Waals surface area contributed by atoms with Crippen molar-refractivity contribution in [3.05, 3.63) is 114 Å². The van der Waals surface area contributed by atoms with Crippen LogP contribution in [0.5, 0.6) is 0 Å². The van der Waals surface area contributed by atoms with E-state index < -0.39 is 17.8 Å². The largest absolute Gasteiger partial charge is 0.342 e. The van der Waals surface area contributed by atoms with Gasteiger partial charge in [0.1, 0.15) is 5.82 Å². The molecule has 31 heavy (non-hydrogen) atoms. The second kappa shape index (κ2) is 9.30. The molecule has 1 amide bonds. The van der Waals surface area contributed by atoms with E-state index in [1.54, 1.807) is 12.3 Å². The van der Waals surface area contributed by atoms with Gasteiger partial charge in [-0.3, -0.25) is 14.6 Å². The standard InChI is InChI=1S/C26H21FN2O2/c27-22-13-5-4-11-21(22)26(31)29-24(16-18-8-2-1-3-9-18)25(30)17-19-10-6-14-23-20(19)12-7-15-28-23/h1-15,24H,16-17H2,(H,29,31). The lowest BCUT2D eigenvalue weighted by atomic mass is 9.95. The van der Waals surface area contributed by atoms with E-state index in [2.05, 4.69) is 10.3 Å². The minimum atomic E-state index is -0.790. The maximum Gasteiger partial charge on any atom is 0.254 e. The zero-order valence-electron chi connectivity index (χ0n) is 16.8. The highest BCUT2D eigenvalue weighted by Gasteiger charge is 2.24. The number of hydrogen-bond donors (Lipinski definition) is 1. The SMILES string of the molecule is O=C(NC(Cc1ccccc1)C(=O)Cc1cccc2ncccc12)c1ccccc1F. The molecule has 1 aromatic heterocycles. The number of pyridine rings is 1. The molecule has 0 aliphatic carbocycles. The molecule has 5 heteroatoms. The molecule has 0 spiro atoms. The van der Waals surface area contributed by atoms with Crippen molar-refractivity contribution in [2.24, 2.45) is 0 Å². The molecule has 3 aromatic carbocycles. The Kier molecular flexibility index (Phi) is 6.13. The van der Waals surface area contributed by atoms with Crippen LogP contribution in [0.4, 0.5) is 4.39 Å². The van der Waals surface area contributed by atoms with Gasteiger partial charge in [-0.1, -0.05) is 60.7 Å². The van der Waals surface area contributed by atoms with Crippen LogP contribution in [0.1, 0.15) is 21.5 Å². The number of benzene rings is 3. The number of halogens is 1. The van der Waals surface area contributed by atoms with Crippen molar-refractivity contribution in [2.75, 3.05) is 0 Å². The zero-order chi connectivity index (χ0) is 21.6. The number of hydrogen-bond acceptors (Lipinski definition) is 3. The summed E-state index contributed by atoms with van der Waals surface area (Å²) in [6, 6.07) is 23.8. The van der Waals surface area contributed by atoms with Gasteiger partial charge in [-0.15, -0.1) is 0 Å². The first-order valence-corrected chi connectivity index (χ1v) is 10.1. The van der Waals surface area contributed by atoms with E-state index in [-0.39, 0.29) is 17.8 Å². The van der Waals surface area contributed by atoms with E-state index in [1.165, 1.54) is 18.2 Å². The first-order chi connectivity index (χ1) is 15.1. The Morgan fingerprint density at radius 1 is 0.871 bits per heavy atom. The van der Waals surface area contributed by atoms with Gasteiger partial charge >= 0.3 is 0 Å². The first-order valence-electron chi connectivity index (χ1n) is 10.1. The van der Waals surface area contributed by atoms with Gasteiger partial charge in [-0.25, -0.2) is 4.39 Å². The van der Waals surface area contributed by atoms with Gasteiger partial charge in [0.25, 0.3) is 5.91 Å². The van der Waals surface area contributed by atoms with E-state index in [4.69, 9.17) is 0 Å². The molecule has 0 saturated carbocycles. The molecule has 1 N–H and O–H groups in total. The van der Waals surface area contributed by atoms with Crippen molar-refractivity contribution in [3.63, 3.8) is 0 Å². The van der Waals surface area contributed by atoms with Gasteiger partial charge in [-0.2, -0.15) is 0 Å². The number of nitrogens with one attached hydrogen (secondary N) is 1. The number of carbonyl (C=O) groups is 2. The molecule has 0 saturated heterocycles. The Labute approximate surface area is 179 Å². The monoisotopic (exact) mass is 412 g/mol. The molecule has 4 rings (SSSR count). The Morgan fingerprint density at radius 3 is 2.45 bits per heavy atom. The third-order valence-corrected chi connectivity index (χ3v) is 5.20. The second-order valence-electron chi connectivity index (χ2n) is 7.33. The van der Waals surface area contributed by atoms with Gasteiger partial charge < -0.3 is 5.32 Å². The van der Waals surface area contributed by atoms with Gasteiger partial charge in [-0.05, 0) is 41.8 Å². The van der Waals surface area contributed by atoms with Crippen LogP contribution in [0.2, 0.25) is 0 Å². The average Bonchev–Trinajstić information content (AvgIpc) is 2.80. The minimum Gasteiger partial charge on any atom is -0.342 e. The fraction of sp³-hybridized carbons (Fsp3) is 0.115.